The Labute approximate surface area is 304 Å². The maximum absolute atomic E-state index is 16.1. The van der Waals surface area contributed by atoms with Crippen molar-refractivity contribution in [3.05, 3.63) is 152 Å². The minimum Gasteiger partial charge on any atom is -0.395 e. The summed E-state index contributed by atoms with van der Waals surface area (Å²) in [6, 6.07) is -0.811. The predicted molar refractivity (Wildman–Crippen MR) is 183 cm³/mol. The smallest absolute Gasteiger partial charge is 0.170 e. The van der Waals surface area contributed by atoms with Crippen LogP contribution in [0.1, 0.15) is 45.8 Å². The van der Waals surface area contributed by atoms with Crippen molar-refractivity contribution in [2.75, 3.05) is 13.2 Å². The second-order valence-corrected chi connectivity index (χ2v) is 12.6. The molecular weight excluding hydrogens is 744 g/mol. The summed E-state index contributed by atoms with van der Waals surface area (Å²) in [5.41, 5.74) is 3.26. The number of aliphatic hydroxyl groups excluding tert-OH is 4. The maximum Gasteiger partial charge on any atom is 0.170 e. The first-order chi connectivity index (χ1) is 26.2. The number of allylic oxidation sites excluding steroid dienone is 8. The van der Waals surface area contributed by atoms with E-state index < -0.39 is 129 Å². The van der Waals surface area contributed by atoms with Gasteiger partial charge in [-0.2, -0.15) is 0 Å². The van der Waals surface area contributed by atoms with Crippen LogP contribution in [0.3, 0.4) is 0 Å². The van der Waals surface area contributed by atoms with E-state index in [4.69, 9.17) is 11.5 Å². The van der Waals surface area contributed by atoms with Crippen molar-refractivity contribution in [2.45, 2.75) is 24.3 Å². The highest BCUT2D eigenvalue weighted by Gasteiger charge is 2.37. The quantitative estimate of drug-likeness (QED) is 0.132. The van der Waals surface area contributed by atoms with E-state index in [1.807, 2.05) is 0 Å². The van der Waals surface area contributed by atoms with Crippen LogP contribution in [0.25, 0.3) is 11.1 Å². The van der Waals surface area contributed by atoms with Gasteiger partial charge >= 0.3 is 0 Å². The van der Waals surface area contributed by atoms with E-state index in [1.165, 1.54) is 30.4 Å². The normalized spacial score (nSPS) is 18.3. The molecule has 5 heterocycles. The lowest BCUT2D eigenvalue weighted by atomic mass is 9.93. The molecule has 55 heavy (non-hydrogen) atoms. The van der Waals surface area contributed by atoms with E-state index in [1.54, 1.807) is 12.2 Å². The number of aliphatic imine (C=N–C) groups is 3. The number of H-pyrrole nitrogens is 1. The number of nitrogens with one attached hydrogen (secondary N) is 1. The molecule has 18 heteroatoms. The van der Waals surface area contributed by atoms with Gasteiger partial charge in [0.25, 0.3) is 0 Å². The third-order valence-corrected chi connectivity index (χ3v) is 9.18. The Kier molecular flexibility index (Phi) is 9.74. The van der Waals surface area contributed by atoms with Crippen molar-refractivity contribution < 1.29 is 55.5 Å². The third kappa shape index (κ3) is 6.12. The Hall–Kier alpha value is -5.63. The number of halogens is 8. The predicted octanol–water partition coefficient (Wildman–Crippen LogP) is 4.28. The first-order valence-corrected chi connectivity index (χ1v) is 16.2. The molecule has 0 amide bonds. The fraction of sp³-hybridized carbons (Fsp3) is 0.162. The first kappa shape index (κ1) is 37.7. The van der Waals surface area contributed by atoms with Crippen LogP contribution in [0.5, 0.6) is 0 Å². The molecule has 4 aliphatic rings. The summed E-state index contributed by atoms with van der Waals surface area (Å²) in [5, 5.41) is 39.3. The molecule has 8 bridgehead atoms. The lowest BCUT2D eigenvalue weighted by molar-refractivity contribution is 0.101. The van der Waals surface area contributed by atoms with Gasteiger partial charge in [-0.3, -0.25) is 0 Å². The average Bonchev–Trinajstić information content (AvgIpc) is 4.01. The number of nitrogens with zero attached hydrogens (tertiary/aromatic N) is 3. The molecule has 4 unspecified atom stereocenters. The summed E-state index contributed by atoms with van der Waals surface area (Å²) >= 11 is 0. The van der Waals surface area contributed by atoms with Crippen molar-refractivity contribution >= 4 is 28.3 Å². The zero-order valence-corrected chi connectivity index (χ0v) is 27.7. The van der Waals surface area contributed by atoms with Crippen LogP contribution < -0.4 is 11.5 Å². The Bertz CT molecular complexity index is 2420. The van der Waals surface area contributed by atoms with Crippen molar-refractivity contribution in [1.29, 1.82) is 0 Å². The van der Waals surface area contributed by atoms with Gasteiger partial charge in [0, 0.05) is 16.8 Å². The van der Waals surface area contributed by atoms with Crippen LogP contribution in [0.4, 0.5) is 35.1 Å². The molecule has 0 fully saturated rings. The molecule has 3 aromatic rings. The minimum absolute atomic E-state index is 0.152. The van der Waals surface area contributed by atoms with E-state index >= 15 is 35.1 Å². The van der Waals surface area contributed by atoms with Gasteiger partial charge in [0.2, 0.25) is 0 Å². The number of rotatable bonds is 8. The van der Waals surface area contributed by atoms with Crippen LogP contribution in [-0.2, 0) is 0 Å². The zero-order valence-electron chi connectivity index (χ0n) is 27.7. The van der Waals surface area contributed by atoms with E-state index in [0.717, 1.165) is 12.2 Å². The molecule has 284 valence electrons. The summed E-state index contributed by atoms with van der Waals surface area (Å²) in [6.07, 6.45) is 4.41. The highest BCUT2D eigenvalue weighted by atomic mass is 19.2. The lowest BCUT2D eigenvalue weighted by Gasteiger charge is -2.21. The first-order valence-electron chi connectivity index (χ1n) is 16.2. The standard InChI is InChI=1S/C37H26F8N6O4/c38-28-24(29(39)33(43)26(32(28)42)36(54)14(46)10-52)22-18-4-2-13(49-18)9-12-1-3-16(48-12)17-5-6-19(50-17)23(21-8-7-20(22)51-21)25-30(40)34(44)27(35(45)31(25)41)37(55)15(47)11-53/h1-9,14-15,36-37,50,52-55H,10-11,46-47H2. The van der Waals surface area contributed by atoms with Crippen molar-refractivity contribution in [1.82, 2.24) is 4.98 Å². The number of aliphatic hydroxyl groups is 4. The monoisotopic (exact) mass is 770 g/mol. The highest BCUT2D eigenvalue weighted by Crippen LogP contribution is 2.42. The third-order valence-electron chi connectivity index (χ3n) is 9.18. The van der Waals surface area contributed by atoms with Gasteiger partial charge in [-0.1, -0.05) is 0 Å². The van der Waals surface area contributed by atoms with Crippen LogP contribution >= 0.6 is 0 Å². The topological polar surface area (TPSA) is 186 Å². The Balaban J connectivity index is 1.55. The molecule has 9 N–H and O–H groups in total. The van der Waals surface area contributed by atoms with Crippen LogP contribution in [-0.4, -0.2) is 67.8 Å². The fourth-order valence-electron chi connectivity index (χ4n) is 6.36. The van der Waals surface area contributed by atoms with Gasteiger partial charge in [0.1, 0.15) is 12.2 Å². The highest BCUT2D eigenvalue weighted by molar-refractivity contribution is 6.32. The minimum atomic E-state index is -2.40. The second-order valence-electron chi connectivity index (χ2n) is 12.6. The molecule has 10 nitrogen and oxygen atoms in total. The molecule has 0 spiro atoms. The van der Waals surface area contributed by atoms with Crippen molar-refractivity contribution in [3.63, 3.8) is 0 Å². The average molecular weight is 771 g/mol. The zero-order chi connectivity index (χ0) is 39.6. The fourth-order valence-corrected chi connectivity index (χ4v) is 6.36. The molecule has 0 saturated heterocycles. The SMILES string of the molecule is NC(CO)C(O)c1c(F)c(F)c(C2=C3C=CC(=N3)C=C3C=CC(=N3)c3ccc([nH]3)C(c3c(F)c(F)c(C(O)C(N)CO)c(F)c3F)=C3C=CC2=N3)c(F)c1F. The second kappa shape index (κ2) is 14.2. The molecule has 0 radical (unpaired) electrons. The van der Waals surface area contributed by atoms with Gasteiger partial charge in [-0.15, -0.1) is 0 Å². The summed E-state index contributed by atoms with van der Waals surface area (Å²) in [4.78, 5) is 15.9. The Morgan fingerprint density at radius 2 is 1.02 bits per heavy atom. The number of aromatic amines is 1. The number of hydrogen-bond acceptors (Lipinski definition) is 9. The van der Waals surface area contributed by atoms with Crippen molar-refractivity contribution in [2.24, 2.45) is 26.4 Å². The van der Waals surface area contributed by atoms with Gasteiger partial charge in [0.15, 0.2) is 46.5 Å². The summed E-state index contributed by atoms with van der Waals surface area (Å²) < 4.78 is 127. The Morgan fingerprint density at radius 3 is 1.56 bits per heavy atom. The summed E-state index contributed by atoms with van der Waals surface area (Å²) in [6.45, 7) is -2.04. The van der Waals surface area contributed by atoms with Gasteiger partial charge < -0.3 is 36.9 Å². The van der Waals surface area contributed by atoms with E-state index in [9.17, 15) is 20.4 Å². The molecular formula is C37H26F8N6O4. The largest absolute Gasteiger partial charge is 0.395 e. The van der Waals surface area contributed by atoms with Gasteiger partial charge in [-0.25, -0.2) is 50.1 Å². The molecule has 0 saturated carbocycles. The molecule has 4 atom stereocenters. The molecule has 4 aliphatic heterocycles. The maximum atomic E-state index is 16.1. The van der Waals surface area contributed by atoms with Crippen LogP contribution in [0.2, 0.25) is 0 Å². The van der Waals surface area contributed by atoms with E-state index in [-0.39, 0.29) is 28.5 Å². The number of hydrogen-bond donors (Lipinski definition) is 7. The molecule has 2 aromatic carbocycles. The van der Waals surface area contributed by atoms with Crippen molar-refractivity contribution in [3.8, 4) is 0 Å². The van der Waals surface area contributed by atoms with Gasteiger partial charge in [0.05, 0.1) is 87.5 Å². The molecule has 0 aliphatic carbocycles. The van der Waals surface area contributed by atoms with E-state index in [0.29, 0.717) is 5.70 Å². The lowest BCUT2D eigenvalue weighted by Crippen LogP contribution is -2.33. The summed E-state index contributed by atoms with van der Waals surface area (Å²) in [5.74, 6) is -16.4. The van der Waals surface area contributed by atoms with Crippen LogP contribution in [0, 0.1) is 46.5 Å². The molecule has 7 rings (SSSR count). The number of aromatic nitrogens is 1. The Morgan fingerprint density at radius 1 is 0.545 bits per heavy atom. The summed E-state index contributed by atoms with van der Waals surface area (Å²) in [7, 11) is 0. The van der Waals surface area contributed by atoms with Crippen LogP contribution in [0.15, 0.2) is 86.7 Å². The van der Waals surface area contributed by atoms with Gasteiger partial charge in [-0.05, 0) is 54.7 Å². The molecule has 1 aromatic heterocycles. The number of benzene rings is 2. The van der Waals surface area contributed by atoms with E-state index in [2.05, 4.69) is 20.0 Å². The number of fused-ring (bicyclic) bond motifs is 6. The number of nitrogens with two attached hydrogens (primary N) is 2.